The largest absolute Gasteiger partial charge is 0.461 e. The Labute approximate surface area is 114 Å². The van der Waals surface area contributed by atoms with Gasteiger partial charge in [-0.3, -0.25) is 9.35 Å². The van der Waals surface area contributed by atoms with Crippen molar-refractivity contribution in [2.75, 3.05) is 19.0 Å². The van der Waals surface area contributed by atoms with Gasteiger partial charge < -0.3 is 9.47 Å². The van der Waals surface area contributed by atoms with Crippen molar-refractivity contribution in [1.82, 2.24) is 0 Å². The maximum Gasteiger partial charge on any atom is 0.334 e. The number of hydrogen-bond donors (Lipinski definition) is 1. The fourth-order valence-electron chi connectivity index (χ4n) is 0.846. The minimum absolute atomic E-state index is 0.384. The third kappa shape index (κ3) is 10.4. The third-order valence-electron chi connectivity index (χ3n) is 1.71. The van der Waals surface area contributed by atoms with E-state index in [1.807, 2.05) is 0 Å². The molecule has 0 aromatic rings. The van der Waals surface area contributed by atoms with Crippen molar-refractivity contribution >= 4 is 22.1 Å². The second-order valence-electron chi connectivity index (χ2n) is 3.93. The van der Waals surface area contributed by atoms with Crippen LogP contribution in [0.4, 0.5) is 8.78 Å². The van der Waals surface area contributed by atoms with Gasteiger partial charge in [0.2, 0.25) is 0 Å². The summed E-state index contributed by atoms with van der Waals surface area (Å²) in [5.41, 5.74) is -0.384. The summed E-state index contributed by atoms with van der Waals surface area (Å²) in [5, 5.41) is 0. The molecule has 0 amide bonds. The number of ether oxygens (including phenoxy) is 2. The normalized spacial score (nSPS) is 11.8. The number of alkyl halides is 2. The highest BCUT2D eigenvalue weighted by atomic mass is 32.2. The molecule has 0 aromatic carbocycles. The lowest BCUT2D eigenvalue weighted by Gasteiger charge is -2.11. The summed E-state index contributed by atoms with van der Waals surface area (Å²) in [6, 6.07) is 0. The van der Waals surface area contributed by atoms with Gasteiger partial charge in [-0.25, -0.2) is 13.6 Å². The van der Waals surface area contributed by atoms with Crippen LogP contribution in [0.3, 0.4) is 0 Å². The molecule has 0 aliphatic rings. The molecule has 0 spiro atoms. The number of carbonyl (C=O) groups excluding carboxylic acids is 2. The summed E-state index contributed by atoms with van der Waals surface area (Å²) in [6.45, 7) is 1.98. The Balaban J connectivity index is 4.08. The van der Waals surface area contributed by atoms with Crippen molar-refractivity contribution in [2.45, 2.75) is 19.3 Å². The van der Waals surface area contributed by atoms with Gasteiger partial charge in [0.1, 0.15) is 12.4 Å². The topological polar surface area (TPSA) is 107 Å². The molecule has 0 aromatic heterocycles. The Morgan fingerprint density at radius 1 is 1.30 bits per heavy atom. The standard InChI is InChI=1S/C10H14F2O7S/c1-7(5-8(13)19-6-10(2,11)12)9(14)18-3-4-20(15,16)17/h1,3-6H2,2H3,(H,15,16,17). The predicted molar refractivity (Wildman–Crippen MR) is 62.7 cm³/mol. The first-order chi connectivity index (χ1) is 8.91. The van der Waals surface area contributed by atoms with Crippen molar-refractivity contribution in [2.24, 2.45) is 0 Å². The van der Waals surface area contributed by atoms with Crippen LogP contribution in [0.25, 0.3) is 0 Å². The van der Waals surface area contributed by atoms with Crippen LogP contribution in [-0.4, -0.2) is 49.8 Å². The van der Waals surface area contributed by atoms with E-state index in [0.717, 1.165) is 0 Å². The summed E-state index contributed by atoms with van der Waals surface area (Å²) < 4.78 is 62.4. The number of rotatable bonds is 8. The molecule has 0 aliphatic carbocycles. The van der Waals surface area contributed by atoms with Crippen LogP contribution in [0.15, 0.2) is 12.2 Å². The van der Waals surface area contributed by atoms with Gasteiger partial charge in [0.25, 0.3) is 16.0 Å². The summed E-state index contributed by atoms with van der Waals surface area (Å²) in [7, 11) is -4.28. The monoisotopic (exact) mass is 316 g/mol. The molecule has 0 aliphatic heterocycles. The van der Waals surface area contributed by atoms with Crippen LogP contribution in [0.2, 0.25) is 0 Å². The molecule has 0 radical (unpaired) electrons. The second kappa shape index (κ2) is 7.29. The van der Waals surface area contributed by atoms with Gasteiger partial charge >= 0.3 is 11.9 Å². The summed E-state index contributed by atoms with van der Waals surface area (Å²) in [5.74, 6) is -6.18. The van der Waals surface area contributed by atoms with Crippen LogP contribution >= 0.6 is 0 Å². The van der Waals surface area contributed by atoms with E-state index < -0.39 is 53.4 Å². The van der Waals surface area contributed by atoms with E-state index in [0.29, 0.717) is 6.92 Å². The number of hydrogen-bond acceptors (Lipinski definition) is 6. The lowest BCUT2D eigenvalue weighted by Crippen LogP contribution is -2.23. The van der Waals surface area contributed by atoms with Crippen molar-refractivity contribution in [3.63, 3.8) is 0 Å². The highest BCUT2D eigenvalue weighted by Crippen LogP contribution is 2.12. The van der Waals surface area contributed by atoms with Gasteiger partial charge in [0.05, 0.1) is 6.42 Å². The average molecular weight is 316 g/mol. The Morgan fingerprint density at radius 2 is 1.85 bits per heavy atom. The van der Waals surface area contributed by atoms with Crippen LogP contribution < -0.4 is 0 Å². The first-order valence-corrected chi connectivity index (χ1v) is 6.85. The lowest BCUT2D eigenvalue weighted by molar-refractivity contribution is -0.154. The molecule has 0 atom stereocenters. The molecule has 0 saturated carbocycles. The van der Waals surface area contributed by atoms with E-state index in [2.05, 4.69) is 16.1 Å². The highest BCUT2D eigenvalue weighted by molar-refractivity contribution is 7.85. The molecular weight excluding hydrogens is 302 g/mol. The van der Waals surface area contributed by atoms with E-state index in [1.54, 1.807) is 0 Å². The van der Waals surface area contributed by atoms with E-state index in [9.17, 15) is 26.8 Å². The third-order valence-corrected chi connectivity index (χ3v) is 2.39. The zero-order chi connectivity index (χ0) is 16.0. The minimum atomic E-state index is -4.28. The molecule has 0 saturated heterocycles. The van der Waals surface area contributed by atoms with Crippen molar-refractivity contribution in [3.8, 4) is 0 Å². The zero-order valence-corrected chi connectivity index (χ0v) is 11.4. The first kappa shape index (κ1) is 18.4. The first-order valence-electron chi connectivity index (χ1n) is 5.24. The molecule has 0 bridgehead atoms. The van der Waals surface area contributed by atoms with E-state index >= 15 is 0 Å². The predicted octanol–water partition coefficient (Wildman–Crippen LogP) is 0.562. The Hall–Kier alpha value is -1.55. The fraction of sp³-hybridized carbons (Fsp3) is 0.600. The Kier molecular flexibility index (Phi) is 6.73. The van der Waals surface area contributed by atoms with Gasteiger partial charge in [-0.05, 0) is 0 Å². The number of halogens is 2. The second-order valence-corrected chi connectivity index (χ2v) is 5.51. The molecule has 7 nitrogen and oxygen atoms in total. The van der Waals surface area contributed by atoms with Crippen molar-refractivity contribution < 1.29 is 40.8 Å². The van der Waals surface area contributed by atoms with Gasteiger partial charge in [-0.2, -0.15) is 8.42 Å². The SMILES string of the molecule is C=C(CC(=O)OCC(C)(F)F)C(=O)OCCS(=O)(=O)O. The molecule has 20 heavy (non-hydrogen) atoms. The minimum Gasteiger partial charge on any atom is -0.461 e. The molecule has 0 fully saturated rings. The summed E-state index contributed by atoms with van der Waals surface area (Å²) in [6.07, 6.45) is -0.666. The van der Waals surface area contributed by atoms with Gasteiger partial charge in [-0.1, -0.05) is 6.58 Å². The smallest absolute Gasteiger partial charge is 0.334 e. The molecule has 1 N–H and O–H groups in total. The van der Waals surface area contributed by atoms with Gasteiger partial charge in [-0.15, -0.1) is 0 Å². The quantitative estimate of drug-likeness (QED) is 0.396. The van der Waals surface area contributed by atoms with Crippen molar-refractivity contribution in [1.29, 1.82) is 0 Å². The molecule has 0 heterocycles. The zero-order valence-electron chi connectivity index (χ0n) is 10.6. The van der Waals surface area contributed by atoms with Crippen LogP contribution in [0, 0.1) is 0 Å². The fourth-order valence-corrected chi connectivity index (χ4v) is 1.14. The van der Waals surface area contributed by atoms with Crippen molar-refractivity contribution in [3.05, 3.63) is 12.2 Å². The van der Waals surface area contributed by atoms with Crippen LogP contribution in [-0.2, 0) is 29.2 Å². The molecule has 116 valence electrons. The van der Waals surface area contributed by atoms with E-state index in [1.165, 1.54) is 0 Å². The number of esters is 2. The molecule has 10 heteroatoms. The molecule has 0 rings (SSSR count). The van der Waals surface area contributed by atoms with Crippen LogP contribution in [0.5, 0.6) is 0 Å². The maximum absolute atomic E-state index is 12.4. The Bertz CT molecular complexity index is 478. The molecular formula is C10H14F2O7S. The lowest BCUT2D eigenvalue weighted by atomic mass is 10.2. The van der Waals surface area contributed by atoms with E-state index in [-0.39, 0.29) is 5.57 Å². The summed E-state index contributed by atoms with van der Waals surface area (Å²) >= 11 is 0. The van der Waals surface area contributed by atoms with Gasteiger partial charge in [0, 0.05) is 12.5 Å². The Morgan fingerprint density at radius 3 is 2.30 bits per heavy atom. The average Bonchev–Trinajstić information content (AvgIpc) is 2.23. The summed E-state index contributed by atoms with van der Waals surface area (Å²) in [4.78, 5) is 22.3. The van der Waals surface area contributed by atoms with Crippen LogP contribution in [0.1, 0.15) is 13.3 Å². The molecule has 0 unspecified atom stereocenters. The highest BCUT2D eigenvalue weighted by Gasteiger charge is 2.24. The maximum atomic E-state index is 12.4. The number of carbonyl (C=O) groups is 2. The van der Waals surface area contributed by atoms with E-state index in [4.69, 9.17) is 4.55 Å². The van der Waals surface area contributed by atoms with Gasteiger partial charge in [0.15, 0.2) is 6.61 Å².